The van der Waals surface area contributed by atoms with Gasteiger partial charge in [-0.2, -0.15) is 9.40 Å². The van der Waals surface area contributed by atoms with Crippen LogP contribution >= 0.6 is 11.3 Å². The molecule has 4 rings (SSSR count). The molecule has 0 saturated carbocycles. The molecule has 1 N–H and O–H groups in total. The van der Waals surface area contributed by atoms with Crippen LogP contribution in [0.1, 0.15) is 0 Å². The summed E-state index contributed by atoms with van der Waals surface area (Å²) in [6, 6.07) is 16.3. The van der Waals surface area contributed by atoms with E-state index in [4.69, 9.17) is 0 Å². The summed E-state index contributed by atoms with van der Waals surface area (Å²) in [6.45, 7) is 2.20. The molecule has 7 nitrogen and oxygen atoms in total. The van der Waals surface area contributed by atoms with Crippen molar-refractivity contribution >= 4 is 27.0 Å². The van der Waals surface area contributed by atoms with Crippen LogP contribution in [0.5, 0.6) is 0 Å². The molecule has 0 atom stereocenters. The molecular formula is C18H18N4O3S2. The quantitative estimate of drug-likeness (QED) is 0.721. The Morgan fingerprint density at radius 1 is 0.926 bits per heavy atom. The fourth-order valence-corrected chi connectivity index (χ4v) is 5.88. The van der Waals surface area contributed by atoms with Crippen molar-refractivity contribution in [1.82, 2.24) is 14.5 Å². The molecule has 1 saturated heterocycles. The first-order chi connectivity index (χ1) is 13.0. The minimum absolute atomic E-state index is 0.290. The predicted octanol–water partition coefficient (Wildman–Crippen LogP) is 2.01. The summed E-state index contributed by atoms with van der Waals surface area (Å²) in [5.41, 5.74) is 1.37. The van der Waals surface area contributed by atoms with E-state index in [0.29, 0.717) is 41.0 Å². The van der Waals surface area contributed by atoms with Crippen molar-refractivity contribution in [3.63, 3.8) is 0 Å². The number of rotatable bonds is 4. The Hall–Kier alpha value is -2.49. The van der Waals surface area contributed by atoms with Crippen LogP contribution in [0.3, 0.4) is 0 Å². The number of thiophene rings is 1. The number of benzene rings is 1. The standard InChI is InChI=1S/C18H18N4O3S2/c23-17-8-6-15(19-20-17)16-7-9-18(26-16)27(24,25)22-12-10-21(11-13-22)14-4-2-1-3-5-14/h1-9H,10-13H2,(H,20,23). The molecule has 1 fully saturated rings. The van der Waals surface area contributed by atoms with Crippen LogP contribution in [0.15, 0.2) is 63.6 Å². The maximum atomic E-state index is 13.0. The zero-order chi connectivity index (χ0) is 18.9. The van der Waals surface area contributed by atoms with Gasteiger partial charge in [-0.1, -0.05) is 18.2 Å². The second-order valence-corrected chi connectivity index (χ2v) is 9.40. The number of aromatic nitrogens is 2. The summed E-state index contributed by atoms with van der Waals surface area (Å²) in [7, 11) is -3.54. The molecular weight excluding hydrogens is 384 g/mol. The van der Waals surface area contributed by atoms with Gasteiger partial charge in [0.15, 0.2) is 0 Å². The Morgan fingerprint density at radius 3 is 2.33 bits per heavy atom. The Labute approximate surface area is 160 Å². The lowest BCUT2D eigenvalue weighted by Crippen LogP contribution is -2.48. The fraction of sp³-hybridized carbons (Fsp3) is 0.222. The van der Waals surface area contributed by atoms with Gasteiger partial charge in [-0.3, -0.25) is 4.79 Å². The minimum atomic E-state index is -3.54. The van der Waals surface area contributed by atoms with Gasteiger partial charge in [0.05, 0.1) is 4.88 Å². The van der Waals surface area contributed by atoms with Crippen LogP contribution in [0, 0.1) is 0 Å². The highest BCUT2D eigenvalue weighted by Crippen LogP contribution is 2.31. The zero-order valence-corrected chi connectivity index (χ0v) is 16.0. The van der Waals surface area contributed by atoms with Crippen LogP contribution < -0.4 is 10.5 Å². The van der Waals surface area contributed by atoms with Crippen molar-refractivity contribution < 1.29 is 8.42 Å². The average Bonchev–Trinajstić information content (AvgIpc) is 3.20. The topological polar surface area (TPSA) is 86.4 Å². The minimum Gasteiger partial charge on any atom is -0.369 e. The molecule has 1 aliphatic rings. The first-order valence-corrected chi connectivity index (χ1v) is 10.8. The van der Waals surface area contributed by atoms with Gasteiger partial charge in [-0.15, -0.1) is 11.3 Å². The highest BCUT2D eigenvalue weighted by Gasteiger charge is 2.30. The molecule has 1 aromatic carbocycles. The number of aromatic amines is 1. The molecule has 3 heterocycles. The lowest BCUT2D eigenvalue weighted by atomic mass is 10.2. The van der Waals surface area contributed by atoms with Crippen molar-refractivity contribution in [3.05, 3.63) is 65.0 Å². The van der Waals surface area contributed by atoms with Gasteiger partial charge in [0.2, 0.25) is 0 Å². The van der Waals surface area contributed by atoms with Crippen LogP contribution in [0.2, 0.25) is 0 Å². The molecule has 0 spiro atoms. The summed E-state index contributed by atoms with van der Waals surface area (Å²) in [6.07, 6.45) is 0. The van der Waals surface area contributed by atoms with E-state index >= 15 is 0 Å². The SMILES string of the molecule is O=c1ccc(-c2ccc(S(=O)(=O)N3CCN(c4ccccc4)CC3)s2)n[nH]1. The van der Waals surface area contributed by atoms with Crippen molar-refractivity contribution in [2.45, 2.75) is 4.21 Å². The molecule has 140 valence electrons. The third-order valence-corrected chi connectivity index (χ3v) is 7.94. The number of nitrogens with one attached hydrogen (secondary N) is 1. The number of sulfonamides is 1. The largest absolute Gasteiger partial charge is 0.369 e. The van der Waals surface area contributed by atoms with Gasteiger partial charge in [0.1, 0.15) is 9.90 Å². The van der Waals surface area contributed by atoms with E-state index in [1.165, 1.54) is 10.4 Å². The number of hydrogen-bond acceptors (Lipinski definition) is 6. The van der Waals surface area contributed by atoms with Gasteiger partial charge in [-0.05, 0) is 30.3 Å². The summed E-state index contributed by atoms with van der Waals surface area (Å²) in [4.78, 5) is 14.0. The molecule has 9 heteroatoms. The number of anilines is 1. The summed E-state index contributed by atoms with van der Waals surface area (Å²) < 4.78 is 27.8. The van der Waals surface area contributed by atoms with E-state index in [9.17, 15) is 13.2 Å². The Morgan fingerprint density at radius 2 is 1.67 bits per heavy atom. The van der Waals surface area contributed by atoms with Gasteiger partial charge in [-0.25, -0.2) is 13.5 Å². The molecule has 0 bridgehead atoms. The molecule has 2 aromatic heterocycles. The summed E-state index contributed by atoms with van der Waals surface area (Å²) in [5.74, 6) is 0. The van der Waals surface area contributed by atoms with Crippen LogP contribution in [0.4, 0.5) is 5.69 Å². The van der Waals surface area contributed by atoms with E-state index in [0.717, 1.165) is 17.0 Å². The normalized spacial score (nSPS) is 15.8. The Kier molecular flexibility index (Phi) is 4.81. The zero-order valence-electron chi connectivity index (χ0n) is 14.4. The van der Waals surface area contributed by atoms with Gasteiger partial charge < -0.3 is 4.90 Å². The van der Waals surface area contributed by atoms with E-state index in [-0.39, 0.29) is 5.56 Å². The predicted molar refractivity (Wildman–Crippen MR) is 106 cm³/mol. The van der Waals surface area contributed by atoms with E-state index in [1.807, 2.05) is 30.3 Å². The molecule has 0 aliphatic carbocycles. The van der Waals surface area contributed by atoms with Crippen LogP contribution in [0.25, 0.3) is 10.6 Å². The van der Waals surface area contributed by atoms with Crippen LogP contribution in [-0.4, -0.2) is 49.1 Å². The van der Waals surface area contributed by atoms with Crippen LogP contribution in [-0.2, 0) is 10.0 Å². The fourth-order valence-electron chi connectivity index (χ4n) is 3.03. The van der Waals surface area contributed by atoms with E-state index in [2.05, 4.69) is 15.1 Å². The molecule has 3 aromatic rings. The van der Waals surface area contributed by atoms with E-state index in [1.54, 1.807) is 18.2 Å². The molecule has 0 unspecified atom stereocenters. The first kappa shape index (κ1) is 17.9. The highest BCUT2D eigenvalue weighted by atomic mass is 32.2. The number of piperazine rings is 1. The lowest BCUT2D eigenvalue weighted by Gasteiger charge is -2.35. The molecule has 27 heavy (non-hydrogen) atoms. The maximum Gasteiger partial charge on any atom is 0.264 e. The van der Waals surface area contributed by atoms with Crippen molar-refractivity contribution in [2.24, 2.45) is 0 Å². The number of nitrogens with zero attached hydrogens (tertiary/aromatic N) is 3. The lowest BCUT2D eigenvalue weighted by molar-refractivity contribution is 0.386. The highest BCUT2D eigenvalue weighted by molar-refractivity contribution is 7.91. The van der Waals surface area contributed by atoms with E-state index < -0.39 is 10.0 Å². The van der Waals surface area contributed by atoms with Crippen molar-refractivity contribution in [3.8, 4) is 10.6 Å². The van der Waals surface area contributed by atoms with Crippen molar-refractivity contribution in [1.29, 1.82) is 0 Å². The third-order valence-electron chi connectivity index (χ3n) is 4.47. The molecule has 1 aliphatic heterocycles. The first-order valence-electron chi connectivity index (χ1n) is 8.50. The molecule has 0 radical (unpaired) electrons. The maximum absolute atomic E-state index is 13.0. The number of para-hydroxylation sites is 1. The van der Waals surface area contributed by atoms with Gasteiger partial charge in [0, 0.05) is 37.9 Å². The average molecular weight is 403 g/mol. The number of hydrogen-bond donors (Lipinski definition) is 1. The Balaban J connectivity index is 1.49. The number of H-pyrrole nitrogens is 1. The second kappa shape index (κ2) is 7.26. The second-order valence-electron chi connectivity index (χ2n) is 6.15. The Bertz CT molecular complexity index is 1060. The van der Waals surface area contributed by atoms with Gasteiger partial charge >= 0.3 is 0 Å². The third kappa shape index (κ3) is 3.66. The summed E-state index contributed by atoms with van der Waals surface area (Å²) in [5, 5.41) is 6.32. The summed E-state index contributed by atoms with van der Waals surface area (Å²) >= 11 is 1.16. The monoisotopic (exact) mass is 402 g/mol. The smallest absolute Gasteiger partial charge is 0.264 e. The van der Waals surface area contributed by atoms with Crippen molar-refractivity contribution in [2.75, 3.05) is 31.1 Å². The molecule has 0 amide bonds. The van der Waals surface area contributed by atoms with Gasteiger partial charge in [0.25, 0.3) is 15.6 Å².